The van der Waals surface area contributed by atoms with Crippen LogP contribution in [0.2, 0.25) is 0 Å². The Kier molecular flexibility index (Phi) is 3.62. The molecule has 5 nitrogen and oxygen atoms in total. The molecule has 1 unspecified atom stereocenters. The van der Waals surface area contributed by atoms with E-state index in [1.54, 1.807) is 18.3 Å². The van der Waals surface area contributed by atoms with Crippen molar-refractivity contribution in [3.05, 3.63) is 30.0 Å². The third-order valence-electron chi connectivity index (χ3n) is 3.06. The number of amides is 1. The molecular formula is C13H18N4O. The minimum Gasteiger partial charge on any atom is -0.350 e. The summed E-state index contributed by atoms with van der Waals surface area (Å²) in [6.45, 7) is 4.55. The highest BCUT2D eigenvalue weighted by Gasteiger charge is 2.11. The molecule has 0 saturated carbocycles. The number of benzene rings is 1. The van der Waals surface area contributed by atoms with Gasteiger partial charge in [0.2, 0.25) is 0 Å². The maximum Gasteiger partial charge on any atom is 0.251 e. The average molecular weight is 246 g/mol. The van der Waals surface area contributed by atoms with Gasteiger partial charge in [0.25, 0.3) is 5.91 Å². The highest BCUT2D eigenvalue weighted by atomic mass is 16.1. The van der Waals surface area contributed by atoms with Gasteiger partial charge in [-0.05, 0) is 18.1 Å². The Hall–Kier alpha value is -1.88. The molecule has 96 valence electrons. The Labute approximate surface area is 106 Å². The molecule has 1 aromatic carbocycles. The fraction of sp³-hybridized carbons (Fsp3) is 0.385. The Morgan fingerprint density at radius 3 is 3.00 bits per heavy atom. The van der Waals surface area contributed by atoms with Gasteiger partial charge >= 0.3 is 0 Å². The number of carbonyl (C=O) groups is 1. The maximum atomic E-state index is 11.9. The summed E-state index contributed by atoms with van der Waals surface area (Å²) < 4.78 is 0. The van der Waals surface area contributed by atoms with Crippen molar-refractivity contribution in [3.8, 4) is 0 Å². The normalized spacial score (nSPS) is 12.9. The number of nitrogens with two attached hydrogens (primary N) is 1. The van der Waals surface area contributed by atoms with Crippen LogP contribution in [0.5, 0.6) is 0 Å². The lowest BCUT2D eigenvalue weighted by Gasteiger charge is -2.16. The van der Waals surface area contributed by atoms with Crippen molar-refractivity contribution in [1.29, 1.82) is 0 Å². The van der Waals surface area contributed by atoms with Crippen LogP contribution in [0.15, 0.2) is 24.4 Å². The molecule has 0 aliphatic heterocycles. The summed E-state index contributed by atoms with van der Waals surface area (Å²) in [5.74, 6) is 0.239. The number of hydrogen-bond acceptors (Lipinski definition) is 3. The van der Waals surface area contributed by atoms with Gasteiger partial charge in [-0.15, -0.1) is 0 Å². The molecule has 5 heteroatoms. The first-order valence-corrected chi connectivity index (χ1v) is 6.05. The molecule has 0 spiro atoms. The van der Waals surface area contributed by atoms with E-state index in [1.807, 2.05) is 19.9 Å². The highest BCUT2D eigenvalue weighted by Crippen LogP contribution is 2.12. The lowest BCUT2D eigenvalue weighted by molar-refractivity contribution is 0.0949. The van der Waals surface area contributed by atoms with Crippen molar-refractivity contribution in [2.24, 2.45) is 11.7 Å². The first kappa shape index (κ1) is 12.6. The van der Waals surface area contributed by atoms with Crippen molar-refractivity contribution in [1.82, 2.24) is 15.5 Å². The summed E-state index contributed by atoms with van der Waals surface area (Å²) in [4.78, 5) is 11.9. The largest absolute Gasteiger partial charge is 0.350 e. The van der Waals surface area contributed by atoms with Crippen LogP contribution in [-0.2, 0) is 0 Å². The predicted molar refractivity (Wildman–Crippen MR) is 71.2 cm³/mol. The van der Waals surface area contributed by atoms with Crippen LogP contribution < -0.4 is 11.1 Å². The first-order chi connectivity index (χ1) is 8.58. The lowest BCUT2D eigenvalue weighted by Crippen LogP contribution is -2.40. The fourth-order valence-electron chi connectivity index (χ4n) is 1.63. The minimum atomic E-state index is -0.109. The number of aromatic nitrogens is 2. The van der Waals surface area contributed by atoms with Crippen molar-refractivity contribution in [2.75, 3.05) is 6.54 Å². The Morgan fingerprint density at radius 1 is 1.50 bits per heavy atom. The molecule has 1 atom stereocenters. The molecular weight excluding hydrogens is 228 g/mol. The van der Waals surface area contributed by atoms with Gasteiger partial charge in [0.15, 0.2) is 0 Å². The highest BCUT2D eigenvalue weighted by molar-refractivity contribution is 5.97. The van der Waals surface area contributed by atoms with Crippen LogP contribution in [0.3, 0.4) is 0 Å². The molecule has 1 amide bonds. The molecule has 0 bridgehead atoms. The third-order valence-corrected chi connectivity index (χ3v) is 3.06. The second kappa shape index (κ2) is 5.18. The van der Waals surface area contributed by atoms with E-state index in [4.69, 9.17) is 5.73 Å². The zero-order valence-electron chi connectivity index (χ0n) is 10.6. The number of rotatable bonds is 4. The molecule has 18 heavy (non-hydrogen) atoms. The number of H-pyrrole nitrogens is 1. The summed E-state index contributed by atoms with van der Waals surface area (Å²) >= 11 is 0. The van der Waals surface area contributed by atoms with E-state index in [9.17, 15) is 4.79 Å². The summed E-state index contributed by atoms with van der Waals surface area (Å²) in [6, 6.07) is 5.42. The molecule has 0 saturated heterocycles. The summed E-state index contributed by atoms with van der Waals surface area (Å²) in [6.07, 6.45) is 1.73. The number of hydrogen-bond donors (Lipinski definition) is 3. The fourth-order valence-corrected chi connectivity index (χ4v) is 1.63. The monoisotopic (exact) mass is 246 g/mol. The minimum absolute atomic E-state index is 0.0233. The second-order valence-corrected chi connectivity index (χ2v) is 4.79. The zero-order valence-corrected chi connectivity index (χ0v) is 10.6. The molecule has 0 fully saturated rings. The van der Waals surface area contributed by atoms with E-state index in [2.05, 4.69) is 15.5 Å². The summed E-state index contributed by atoms with van der Waals surface area (Å²) in [7, 11) is 0. The topological polar surface area (TPSA) is 83.8 Å². The lowest BCUT2D eigenvalue weighted by atomic mass is 10.1. The molecule has 4 N–H and O–H groups in total. The SMILES string of the molecule is CC(C)C(N)CNC(=O)c1ccc2cn[nH]c2c1. The van der Waals surface area contributed by atoms with Crippen molar-refractivity contribution >= 4 is 16.8 Å². The average Bonchev–Trinajstić information content (AvgIpc) is 2.82. The predicted octanol–water partition coefficient (Wildman–Crippen LogP) is 1.28. The van der Waals surface area contributed by atoms with Crippen LogP contribution in [0, 0.1) is 5.92 Å². The molecule has 2 rings (SSSR count). The summed E-state index contributed by atoms with van der Waals surface area (Å²) in [5.41, 5.74) is 7.36. The quantitative estimate of drug-likeness (QED) is 0.759. The van der Waals surface area contributed by atoms with Gasteiger partial charge in [0.1, 0.15) is 0 Å². The summed E-state index contributed by atoms with van der Waals surface area (Å²) in [5, 5.41) is 10.6. The van der Waals surface area contributed by atoms with Gasteiger partial charge in [-0.1, -0.05) is 19.9 Å². The Morgan fingerprint density at radius 2 is 2.28 bits per heavy atom. The smallest absolute Gasteiger partial charge is 0.251 e. The van der Waals surface area contributed by atoms with Crippen LogP contribution in [0.25, 0.3) is 10.9 Å². The van der Waals surface area contributed by atoms with E-state index >= 15 is 0 Å². The molecule has 2 aromatic rings. The van der Waals surface area contributed by atoms with E-state index in [1.165, 1.54) is 0 Å². The number of nitrogens with zero attached hydrogens (tertiary/aromatic N) is 1. The van der Waals surface area contributed by atoms with Crippen molar-refractivity contribution in [2.45, 2.75) is 19.9 Å². The van der Waals surface area contributed by atoms with E-state index in [-0.39, 0.29) is 11.9 Å². The first-order valence-electron chi connectivity index (χ1n) is 6.05. The Balaban J connectivity index is 2.04. The molecule has 1 aromatic heterocycles. The van der Waals surface area contributed by atoms with Crippen molar-refractivity contribution < 1.29 is 4.79 Å². The number of carbonyl (C=O) groups excluding carboxylic acids is 1. The number of aromatic amines is 1. The number of fused-ring (bicyclic) bond motifs is 1. The maximum absolute atomic E-state index is 11.9. The molecule has 0 radical (unpaired) electrons. The van der Waals surface area contributed by atoms with E-state index < -0.39 is 0 Å². The third kappa shape index (κ3) is 2.68. The van der Waals surface area contributed by atoms with E-state index in [0.29, 0.717) is 18.0 Å². The standard InChI is InChI=1S/C13H18N4O/c1-8(2)11(14)7-15-13(18)9-3-4-10-6-16-17-12(10)5-9/h3-6,8,11H,7,14H2,1-2H3,(H,15,18)(H,16,17). The number of nitrogens with one attached hydrogen (secondary N) is 2. The van der Waals surface area contributed by atoms with Crippen LogP contribution in [0.1, 0.15) is 24.2 Å². The van der Waals surface area contributed by atoms with Crippen LogP contribution >= 0.6 is 0 Å². The van der Waals surface area contributed by atoms with Crippen molar-refractivity contribution in [3.63, 3.8) is 0 Å². The van der Waals surface area contributed by atoms with Gasteiger partial charge < -0.3 is 11.1 Å². The second-order valence-electron chi connectivity index (χ2n) is 4.79. The van der Waals surface area contributed by atoms with Gasteiger partial charge in [-0.2, -0.15) is 5.10 Å². The Bertz CT molecular complexity index is 547. The van der Waals surface area contributed by atoms with Crippen LogP contribution in [-0.4, -0.2) is 28.7 Å². The van der Waals surface area contributed by atoms with E-state index in [0.717, 1.165) is 10.9 Å². The molecule has 0 aliphatic carbocycles. The van der Waals surface area contributed by atoms with Gasteiger partial charge in [-0.25, -0.2) is 0 Å². The van der Waals surface area contributed by atoms with Gasteiger partial charge in [0.05, 0.1) is 11.7 Å². The van der Waals surface area contributed by atoms with Gasteiger partial charge in [0, 0.05) is 23.5 Å². The van der Waals surface area contributed by atoms with Crippen LogP contribution in [0.4, 0.5) is 0 Å². The molecule has 1 heterocycles. The van der Waals surface area contributed by atoms with Gasteiger partial charge in [-0.3, -0.25) is 9.89 Å². The molecule has 0 aliphatic rings. The zero-order chi connectivity index (χ0) is 13.1.